The monoisotopic (exact) mass is 353 g/mol. The molecule has 1 saturated heterocycles. The first-order chi connectivity index (χ1) is 12.6. The summed E-state index contributed by atoms with van der Waals surface area (Å²) in [4.78, 5) is 29.2. The number of rotatable bonds is 3. The normalized spacial score (nSPS) is 14.7. The molecular formula is C17H19N7O2. The summed E-state index contributed by atoms with van der Waals surface area (Å²) in [6.07, 6.45) is 4.57. The van der Waals surface area contributed by atoms with Gasteiger partial charge in [0.1, 0.15) is 36.3 Å². The van der Waals surface area contributed by atoms with Crippen LogP contribution in [-0.2, 0) is 0 Å². The molecule has 9 heteroatoms. The van der Waals surface area contributed by atoms with Crippen LogP contribution in [0.2, 0.25) is 0 Å². The predicted molar refractivity (Wildman–Crippen MR) is 93.2 cm³/mol. The van der Waals surface area contributed by atoms with Gasteiger partial charge in [-0.05, 0) is 19.9 Å². The molecule has 0 bridgehead atoms. The lowest BCUT2D eigenvalue weighted by Crippen LogP contribution is -2.49. The summed E-state index contributed by atoms with van der Waals surface area (Å²) in [5.74, 6) is 2.92. The van der Waals surface area contributed by atoms with E-state index in [0.717, 1.165) is 11.6 Å². The van der Waals surface area contributed by atoms with Crippen molar-refractivity contribution in [2.45, 2.75) is 13.8 Å². The standard InChI is InChI=1S/C17H19N7O2/c1-12-7-14(13(2)26-12)17(25)23-5-3-22(4-6-23)15-8-16(20-10-19-15)24-11-18-9-21-24/h7-11H,3-6H2,1-2H3. The number of piperazine rings is 1. The Morgan fingerprint density at radius 3 is 2.46 bits per heavy atom. The number of amides is 1. The van der Waals surface area contributed by atoms with E-state index < -0.39 is 0 Å². The molecule has 0 saturated carbocycles. The van der Waals surface area contributed by atoms with Crippen LogP contribution in [0.3, 0.4) is 0 Å². The molecule has 1 amide bonds. The van der Waals surface area contributed by atoms with Gasteiger partial charge in [-0.1, -0.05) is 0 Å². The van der Waals surface area contributed by atoms with Crippen molar-refractivity contribution in [1.29, 1.82) is 0 Å². The lowest BCUT2D eigenvalue weighted by atomic mass is 10.2. The third-order valence-corrected chi connectivity index (χ3v) is 4.45. The average Bonchev–Trinajstić information content (AvgIpc) is 3.31. The molecular weight excluding hydrogens is 334 g/mol. The van der Waals surface area contributed by atoms with Gasteiger partial charge in [-0.3, -0.25) is 4.79 Å². The van der Waals surface area contributed by atoms with E-state index >= 15 is 0 Å². The summed E-state index contributed by atoms with van der Waals surface area (Å²) >= 11 is 0. The maximum absolute atomic E-state index is 12.7. The molecule has 134 valence electrons. The number of furan rings is 1. The fourth-order valence-corrected chi connectivity index (χ4v) is 3.11. The number of hydrogen-bond donors (Lipinski definition) is 0. The highest BCUT2D eigenvalue weighted by Gasteiger charge is 2.25. The van der Waals surface area contributed by atoms with Gasteiger partial charge in [0, 0.05) is 32.2 Å². The van der Waals surface area contributed by atoms with Gasteiger partial charge in [0.25, 0.3) is 5.91 Å². The third kappa shape index (κ3) is 3.03. The number of hydrogen-bond acceptors (Lipinski definition) is 7. The molecule has 0 aliphatic carbocycles. The molecule has 0 aromatic carbocycles. The smallest absolute Gasteiger partial charge is 0.257 e. The molecule has 26 heavy (non-hydrogen) atoms. The molecule has 4 heterocycles. The molecule has 0 atom stereocenters. The zero-order chi connectivity index (χ0) is 18.1. The van der Waals surface area contributed by atoms with E-state index in [0.29, 0.717) is 43.3 Å². The molecule has 0 N–H and O–H groups in total. The Hall–Kier alpha value is -3.23. The highest BCUT2D eigenvalue weighted by molar-refractivity contribution is 5.95. The SMILES string of the molecule is Cc1cc(C(=O)N2CCN(c3cc(-n4cncn4)ncn3)CC2)c(C)o1. The number of nitrogens with zero attached hydrogens (tertiary/aromatic N) is 7. The second-order valence-corrected chi connectivity index (χ2v) is 6.18. The van der Waals surface area contributed by atoms with Gasteiger partial charge >= 0.3 is 0 Å². The second kappa shape index (κ2) is 6.58. The fraction of sp³-hybridized carbons (Fsp3) is 0.353. The van der Waals surface area contributed by atoms with Crippen molar-refractivity contribution >= 4 is 11.7 Å². The third-order valence-electron chi connectivity index (χ3n) is 4.45. The number of carbonyl (C=O) groups is 1. The molecule has 0 spiro atoms. The van der Waals surface area contributed by atoms with Crippen molar-refractivity contribution < 1.29 is 9.21 Å². The topological polar surface area (TPSA) is 93.2 Å². The van der Waals surface area contributed by atoms with Gasteiger partial charge in [0.2, 0.25) is 0 Å². The average molecular weight is 353 g/mol. The Kier molecular flexibility index (Phi) is 4.11. The number of carbonyl (C=O) groups excluding carboxylic acids is 1. The molecule has 3 aromatic heterocycles. The Balaban J connectivity index is 1.45. The van der Waals surface area contributed by atoms with Crippen molar-refractivity contribution in [1.82, 2.24) is 29.6 Å². The van der Waals surface area contributed by atoms with Crippen molar-refractivity contribution in [3.63, 3.8) is 0 Å². The van der Waals surface area contributed by atoms with E-state index in [1.807, 2.05) is 24.8 Å². The van der Waals surface area contributed by atoms with Crippen LogP contribution in [0.4, 0.5) is 5.82 Å². The molecule has 4 rings (SSSR count). The van der Waals surface area contributed by atoms with Crippen LogP contribution in [0, 0.1) is 13.8 Å². The maximum atomic E-state index is 12.7. The Morgan fingerprint density at radius 2 is 1.81 bits per heavy atom. The zero-order valence-corrected chi connectivity index (χ0v) is 14.7. The molecule has 0 radical (unpaired) electrons. The van der Waals surface area contributed by atoms with Crippen molar-refractivity contribution in [2.24, 2.45) is 0 Å². The fourth-order valence-electron chi connectivity index (χ4n) is 3.11. The van der Waals surface area contributed by atoms with E-state index in [1.165, 1.54) is 12.7 Å². The quantitative estimate of drug-likeness (QED) is 0.699. The summed E-state index contributed by atoms with van der Waals surface area (Å²) in [5, 5.41) is 4.09. The van der Waals surface area contributed by atoms with Crippen LogP contribution in [0.25, 0.3) is 5.82 Å². The minimum absolute atomic E-state index is 0.0185. The van der Waals surface area contributed by atoms with Gasteiger partial charge in [-0.2, -0.15) is 5.10 Å². The minimum atomic E-state index is 0.0185. The van der Waals surface area contributed by atoms with E-state index in [4.69, 9.17) is 4.42 Å². The first-order valence-electron chi connectivity index (χ1n) is 8.40. The van der Waals surface area contributed by atoms with Crippen molar-refractivity contribution in [3.8, 4) is 5.82 Å². The van der Waals surface area contributed by atoms with Gasteiger partial charge in [-0.15, -0.1) is 0 Å². The Morgan fingerprint density at radius 1 is 1.04 bits per heavy atom. The first kappa shape index (κ1) is 16.2. The largest absolute Gasteiger partial charge is 0.466 e. The molecule has 0 unspecified atom stereocenters. The molecule has 1 aliphatic rings. The first-order valence-corrected chi connectivity index (χ1v) is 8.40. The number of aryl methyl sites for hydroxylation is 2. The van der Waals surface area contributed by atoms with Gasteiger partial charge in [0.15, 0.2) is 5.82 Å². The lowest BCUT2D eigenvalue weighted by molar-refractivity contribution is 0.0744. The summed E-state index contributed by atoms with van der Waals surface area (Å²) in [6.45, 7) is 6.34. The molecule has 1 fully saturated rings. The van der Waals surface area contributed by atoms with Crippen LogP contribution in [0.5, 0.6) is 0 Å². The molecule has 9 nitrogen and oxygen atoms in total. The Labute approximate surface area is 150 Å². The van der Waals surface area contributed by atoms with Gasteiger partial charge in [-0.25, -0.2) is 19.6 Å². The summed E-state index contributed by atoms with van der Waals surface area (Å²) in [5.41, 5.74) is 0.645. The van der Waals surface area contributed by atoms with Gasteiger partial charge in [0.05, 0.1) is 5.56 Å². The van der Waals surface area contributed by atoms with Gasteiger partial charge < -0.3 is 14.2 Å². The van der Waals surface area contributed by atoms with Crippen LogP contribution in [0.1, 0.15) is 21.9 Å². The van der Waals surface area contributed by atoms with Crippen LogP contribution < -0.4 is 4.90 Å². The predicted octanol–water partition coefficient (Wildman–Crippen LogP) is 1.23. The molecule has 1 aliphatic heterocycles. The van der Waals surface area contributed by atoms with E-state index in [1.54, 1.807) is 17.1 Å². The second-order valence-electron chi connectivity index (χ2n) is 6.18. The Bertz CT molecular complexity index is 911. The van der Waals surface area contributed by atoms with E-state index in [-0.39, 0.29) is 5.91 Å². The van der Waals surface area contributed by atoms with Crippen molar-refractivity contribution in [3.05, 3.63) is 48.2 Å². The van der Waals surface area contributed by atoms with Crippen LogP contribution >= 0.6 is 0 Å². The summed E-state index contributed by atoms with van der Waals surface area (Å²) in [7, 11) is 0. The summed E-state index contributed by atoms with van der Waals surface area (Å²) in [6, 6.07) is 3.68. The number of anilines is 1. The van der Waals surface area contributed by atoms with E-state index in [2.05, 4.69) is 25.0 Å². The van der Waals surface area contributed by atoms with Crippen LogP contribution in [-0.4, -0.2) is 61.7 Å². The highest BCUT2D eigenvalue weighted by Crippen LogP contribution is 2.19. The minimum Gasteiger partial charge on any atom is -0.466 e. The number of aromatic nitrogens is 5. The molecule has 3 aromatic rings. The van der Waals surface area contributed by atoms with E-state index in [9.17, 15) is 4.79 Å². The maximum Gasteiger partial charge on any atom is 0.257 e. The van der Waals surface area contributed by atoms with Crippen molar-refractivity contribution in [2.75, 3.05) is 31.1 Å². The summed E-state index contributed by atoms with van der Waals surface area (Å²) < 4.78 is 7.07. The highest BCUT2D eigenvalue weighted by atomic mass is 16.3. The zero-order valence-electron chi connectivity index (χ0n) is 14.7. The lowest BCUT2D eigenvalue weighted by Gasteiger charge is -2.35. The van der Waals surface area contributed by atoms with Crippen LogP contribution in [0.15, 0.2) is 35.5 Å².